The largest absolute Gasteiger partial charge is 0.368 e. The van der Waals surface area contributed by atoms with Crippen LogP contribution in [0.5, 0.6) is 0 Å². The standard InChI is InChI=1S/C13H27N5O4/c1-8(2)11(18-22)13(21)16-6-4-3-5-9(14)12(20)17-7-10(15)19/h8-9,11,18,22H,3-7,14H2,1-2H3,(H2,15,19)(H,16,21)(H,17,20)/t9-,11+/m1/s1. The van der Waals surface area contributed by atoms with Crippen LogP contribution in [0.1, 0.15) is 33.1 Å². The number of hydrogen-bond donors (Lipinski definition) is 6. The van der Waals surface area contributed by atoms with Crippen molar-refractivity contribution >= 4 is 17.7 Å². The van der Waals surface area contributed by atoms with Crippen molar-refractivity contribution in [3.05, 3.63) is 0 Å². The van der Waals surface area contributed by atoms with Crippen molar-refractivity contribution in [3.8, 4) is 0 Å². The molecule has 0 bridgehead atoms. The summed E-state index contributed by atoms with van der Waals surface area (Å²) in [5, 5.41) is 13.9. The molecule has 0 rings (SSSR count). The maximum absolute atomic E-state index is 11.7. The molecule has 0 aliphatic heterocycles. The molecule has 0 aliphatic rings. The molecule has 0 heterocycles. The van der Waals surface area contributed by atoms with Crippen molar-refractivity contribution < 1.29 is 19.6 Å². The van der Waals surface area contributed by atoms with E-state index in [4.69, 9.17) is 16.7 Å². The molecule has 0 unspecified atom stereocenters. The molecule has 9 nitrogen and oxygen atoms in total. The van der Waals surface area contributed by atoms with Crippen LogP contribution < -0.4 is 27.6 Å². The van der Waals surface area contributed by atoms with Crippen LogP contribution in [0.3, 0.4) is 0 Å². The molecule has 2 atom stereocenters. The van der Waals surface area contributed by atoms with Gasteiger partial charge in [-0.3, -0.25) is 14.4 Å². The van der Waals surface area contributed by atoms with Crippen LogP contribution in [0.2, 0.25) is 0 Å². The van der Waals surface area contributed by atoms with Crippen LogP contribution in [0, 0.1) is 5.92 Å². The number of rotatable bonds is 11. The number of amides is 3. The zero-order chi connectivity index (χ0) is 17.1. The first-order chi connectivity index (χ1) is 10.3. The van der Waals surface area contributed by atoms with E-state index in [0.29, 0.717) is 25.8 Å². The lowest BCUT2D eigenvalue weighted by Crippen LogP contribution is -2.46. The van der Waals surface area contributed by atoms with E-state index < -0.39 is 23.9 Å². The number of hydrogen-bond acceptors (Lipinski definition) is 6. The van der Waals surface area contributed by atoms with Gasteiger partial charge in [0.2, 0.25) is 17.7 Å². The number of nitrogens with one attached hydrogen (secondary N) is 3. The zero-order valence-electron chi connectivity index (χ0n) is 13.1. The van der Waals surface area contributed by atoms with Gasteiger partial charge in [-0.2, -0.15) is 5.48 Å². The van der Waals surface area contributed by atoms with Crippen molar-refractivity contribution in [2.24, 2.45) is 17.4 Å². The summed E-state index contributed by atoms with van der Waals surface area (Å²) in [6.45, 7) is 3.83. The molecule has 0 saturated carbocycles. The van der Waals surface area contributed by atoms with Gasteiger partial charge >= 0.3 is 0 Å². The van der Waals surface area contributed by atoms with Gasteiger partial charge in [0, 0.05) is 6.54 Å². The van der Waals surface area contributed by atoms with Crippen molar-refractivity contribution in [1.29, 1.82) is 0 Å². The highest BCUT2D eigenvalue weighted by Gasteiger charge is 2.20. The predicted octanol–water partition coefficient (Wildman–Crippen LogP) is -1.79. The Kier molecular flexibility index (Phi) is 10.1. The summed E-state index contributed by atoms with van der Waals surface area (Å²) in [4.78, 5) is 33.7. The predicted molar refractivity (Wildman–Crippen MR) is 80.6 cm³/mol. The smallest absolute Gasteiger partial charge is 0.239 e. The third-order valence-corrected chi connectivity index (χ3v) is 3.10. The fraction of sp³-hybridized carbons (Fsp3) is 0.769. The Bertz CT molecular complexity index is 375. The van der Waals surface area contributed by atoms with Gasteiger partial charge in [-0.15, -0.1) is 0 Å². The molecule has 128 valence electrons. The van der Waals surface area contributed by atoms with Crippen LogP contribution in [-0.4, -0.2) is 48.1 Å². The zero-order valence-corrected chi connectivity index (χ0v) is 13.1. The van der Waals surface area contributed by atoms with Gasteiger partial charge < -0.3 is 27.3 Å². The summed E-state index contributed by atoms with van der Waals surface area (Å²) in [6.07, 6.45) is 1.73. The minimum Gasteiger partial charge on any atom is -0.368 e. The molecule has 0 aromatic rings. The first kappa shape index (κ1) is 20.3. The average molecular weight is 317 g/mol. The van der Waals surface area contributed by atoms with Crippen molar-refractivity contribution in [1.82, 2.24) is 16.1 Å². The summed E-state index contributed by atoms with van der Waals surface area (Å²) in [7, 11) is 0. The molecule has 0 saturated heterocycles. The van der Waals surface area contributed by atoms with E-state index in [2.05, 4.69) is 10.6 Å². The lowest BCUT2D eigenvalue weighted by molar-refractivity contribution is -0.127. The fourth-order valence-electron chi connectivity index (χ4n) is 1.76. The molecule has 0 radical (unpaired) electrons. The van der Waals surface area contributed by atoms with Crippen molar-refractivity contribution in [3.63, 3.8) is 0 Å². The Labute approximate surface area is 130 Å². The summed E-state index contributed by atoms with van der Waals surface area (Å²) in [5.74, 6) is -1.36. The second kappa shape index (κ2) is 10.9. The average Bonchev–Trinajstić information content (AvgIpc) is 2.44. The van der Waals surface area contributed by atoms with Gasteiger partial charge in [0.05, 0.1) is 12.6 Å². The molecule has 8 N–H and O–H groups in total. The van der Waals surface area contributed by atoms with E-state index in [1.807, 2.05) is 19.3 Å². The Morgan fingerprint density at radius 1 is 1.09 bits per heavy atom. The Morgan fingerprint density at radius 3 is 2.23 bits per heavy atom. The van der Waals surface area contributed by atoms with Gasteiger partial charge in [0.1, 0.15) is 6.04 Å². The van der Waals surface area contributed by atoms with Crippen molar-refractivity contribution in [2.75, 3.05) is 13.1 Å². The second-order valence-corrected chi connectivity index (χ2v) is 5.43. The Balaban J connectivity index is 3.82. The number of carbonyl (C=O) groups excluding carboxylic acids is 3. The fourth-order valence-corrected chi connectivity index (χ4v) is 1.76. The van der Waals surface area contributed by atoms with Crippen LogP contribution in [0.4, 0.5) is 0 Å². The van der Waals surface area contributed by atoms with E-state index in [0.717, 1.165) is 0 Å². The number of hydroxylamine groups is 1. The molecular weight excluding hydrogens is 290 g/mol. The third kappa shape index (κ3) is 8.55. The lowest BCUT2D eigenvalue weighted by atomic mass is 10.0. The second-order valence-electron chi connectivity index (χ2n) is 5.43. The van der Waals surface area contributed by atoms with Gasteiger partial charge in [-0.05, 0) is 25.2 Å². The van der Waals surface area contributed by atoms with Gasteiger partial charge in [-0.1, -0.05) is 13.8 Å². The minimum absolute atomic E-state index is 0.0348. The van der Waals surface area contributed by atoms with Gasteiger partial charge in [0.15, 0.2) is 0 Å². The molecule has 22 heavy (non-hydrogen) atoms. The SMILES string of the molecule is CC(C)[C@H](NO)C(=O)NCCCC[C@@H](N)C(=O)NCC(N)=O. The quantitative estimate of drug-likeness (QED) is 0.195. The molecular formula is C13H27N5O4. The molecule has 0 aromatic heterocycles. The van der Waals surface area contributed by atoms with Crippen LogP contribution in [0.25, 0.3) is 0 Å². The van der Waals surface area contributed by atoms with E-state index in [1.54, 1.807) is 0 Å². The highest BCUT2D eigenvalue weighted by Crippen LogP contribution is 2.02. The molecule has 0 spiro atoms. The van der Waals surface area contributed by atoms with Gasteiger partial charge in [-0.25, -0.2) is 0 Å². The first-order valence-corrected chi connectivity index (χ1v) is 7.28. The molecule has 9 heteroatoms. The lowest BCUT2D eigenvalue weighted by Gasteiger charge is -2.18. The van der Waals surface area contributed by atoms with E-state index in [-0.39, 0.29) is 18.4 Å². The summed E-state index contributed by atoms with van der Waals surface area (Å²) < 4.78 is 0. The minimum atomic E-state index is -0.711. The Hall–Kier alpha value is -1.71. The van der Waals surface area contributed by atoms with Crippen molar-refractivity contribution in [2.45, 2.75) is 45.2 Å². The van der Waals surface area contributed by atoms with E-state index >= 15 is 0 Å². The summed E-state index contributed by atoms with van der Waals surface area (Å²) >= 11 is 0. The number of primary amides is 1. The third-order valence-electron chi connectivity index (χ3n) is 3.10. The molecule has 0 aromatic carbocycles. The van der Waals surface area contributed by atoms with E-state index in [1.165, 1.54) is 0 Å². The Morgan fingerprint density at radius 2 is 1.73 bits per heavy atom. The molecule has 0 aliphatic carbocycles. The number of unbranched alkanes of at least 4 members (excludes halogenated alkanes) is 1. The monoisotopic (exact) mass is 317 g/mol. The van der Waals surface area contributed by atoms with Crippen LogP contribution in [0.15, 0.2) is 0 Å². The van der Waals surface area contributed by atoms with E-state index in [9.17, 15) is 14.4 Å². The summed E-state index contributed by atoms with van der Waals surface area (Å²) in [6, 6.07) is -1.36. The topological polar surface area (TPSA) is 160 Å². The maximum atomic E-state index is 11.7. The normalized spacial score (nSPS) is 13.5. The van der Waals surface area contributed by atoms with Gasteiger partial charge in [0.25, 0.3) is 0 Å². The highest BCUT2D eigenvalue weighted by molar-refractivity contribution is 5.86. The number of nitrogens with two attached hydrogens (primary N) is 2. The molecule has 0 fully saturated rings. The first-order valence-electron chi connectivity index (χ1n) is 7.28. The van der Waals surface area contributed by atoms with Crippen LogP contribution >= 0.6 is 0 Å². The van der Waals surface area contributed by atoms with Crippen LogP contribution in [-0.2, 0) is 14.4 Å². The summed E-state index contributed by atoms with van der Waals surface area (Å²) in [5.41, 5.74) is 12.5. The maximum Gasteiger partial charge on any atom is 0.239 e. The highest BCUT2D eigenvalue weighted by atomic mass is 16.5. The number of carbonyl (C=O) groups is 3. The molecule has 3 amide bonds.